The van der Waals surface area contributed by atoms with Crippen molar-refractivity contribution in [2.24, 2.45) is 4.99 Å². The molecule has 2 atom stereocenters. The fourth-order valence-corrected chi connectivity index (χ4v) is 3.90. The first-order valence-corrected chi connectivity index (χ1v) is 9.65. The Balaban J connectivity index is 1.47. The molecule has 144 valence electrons. The summed E-state index contributed by atoms with van der Waals surface area (Å²) in [4.78, 5) is 6.76. The molecule has 2 aliphatic rings. The van der Waals surface area contributed by atoms with E-state index in [0.717, 1.165) is 51.5 Å². The molecule has 0 amide bonds. The number of piperidine rings is 1. The molecule has 1 aliphatic heterocycles. The molecular weight excluding hydrogens is 355 g/mol. The topological polar surface area (TPSA) is 48.9 Å². The first-order valence-electron chi connectivity index (χ1n) is 9.27. The van der Waals surface area contributed by atoms with Crippen LogP contribution in [0.1, 0.15) is 30.7 Å². The van der Waals surface area contributed by atoms with Crippen molar-refractivity contribution in [1.29, 1.82) is 0 Å². The lowest BCUT2D eigenvalue weighted by molar-refractivity contribution is 0.128. The van der Waals surface area contributed by atoms with Crippen LogP contribution >= 0.6 is 11.6 Å². The van der Waals surface area contributed by atoms with Gasteiger partial charge in [0.2, 0.25) is 0 Å². The number of hydrogen-bond acceptors (Lipinski definition) is 3. The lowest BCUT2D eigenvalue weighted by atomic mass is 10.1. The highest BCUT2D eigenvalue weighted by atomic mass is 35.5. The molecule has 1 saturated heterocycles. The average molecular weight is 383 g/mol. The number of aliphatic imine (C=N–C) groups is 1. The molecule has 2 unspecified atom stereocenters. The first kappa shape index (κ1) is 19.4. The molecule has 1 aromatic rings. The van der Waals surface area contributed by atoms with E-state index in [2.05, 4.69) is 20.5 Å². The summed E-state index contributed by atoms with van der Waals surface area (Å²) in [6, 6.07) is 5.46. The van der Waals surface area contributed by atoms with Crippen LogP contribution in [-0.2, 0) is 4.74 Å². The standard InChI is InChI=1S/C19H28ClFN4O/c1-22-19(23-13-6-8-25(9-7-13)10-11-26-2)24-17-12-14(17)18-15(20)4-3-5-16(18)21/h3-5,13-14,17H,6-12H2,1-2H3,(H2,22,23,24). The van der Waals surface area contributed by atoms with Gasteiger partial charge in [0, 0.05) is 62.4 Å². The van der Waals surface area contributed by atoms with E-state index in [1.54, 1.807) is 26.3 Å². The number of hydrogen-bond donors (Lipinski definition) is 2. The predicted octanol–water partition coefficient (Wildman–Crippen LogP) is 2.61. The molecule has 7 heteroatoms. The van der Waals surface area contributed by atoms with Crippen LogP contribution in [0.15, 0.2) is 23.2 Å². The molecule has 1 aromatic carbocycles. The number of nitrogens with zero attached hydrogens (tertiary/aromatic N) is 2. The minimum absolute atomic E-state index is 0.109. The fourth-order valence-electron chi connectivity index (χ4n) is 3.60. The Labute approximate surface area is 160 Å². The van der Waals surface area contributed by atoms with Crippen LogP contribution in [0.3, 0.4) is 0 Å². The van der Waals surface area contributed by atoms with Gasteiger partial charge in [-0.25, -0.2) is 4.39 Å². The van der Waals surface area contributed by atoms with E-state index in [4.69, 9.17) is 16.3 Å². The highest BCUT2D eigenvalue weighted by Crippen LogP contribution is 2.44. The zero-order valence-electron chi connectivity index (χ0n) is 15.5. The first-order chi connectivity index (χ1) is 12.6. The summed E-state index contributed by atoms with van der Waals surface area (Å²) in [5, 5.41) is 7.43. The van der Waals surface area contributed by atoms with E-state index in [9.17, 15) is 4.39 Å². The SMILES string of the molecule is CN=C(NC1CCN(CCOC)CC1)NC1CC1c1c(F)cccc1Cl. The molecule has 0 spiro atoms. The molecule has 1 saturated carbocycles. The quantitative estimate of drug-likeness (QED) is 0.586. The van der Waals surface area contributed by atoms with E-state index >= 15 is 0 Å². The molecule has 1 heterocycles. The Morgan fingerprint density at radius 1 is 1.35 bits per heavy atom. The number of nitrogens with one attached hydrogen (secondary N) is 2. The minimum atomic E-state index is -0.224. The Hall–Kier alpha value is -1.37. The van der Waals surface area contributed by atoms with Gasteiger partial charge in [0.15, 0.2) is 5.96 Å². The monoisotopic (exact) mass is 382 g/mol. The maximum atomic E-state index is 14.1. The summed E-state index contributed by atoms with van der Waals surface area (Å²) >= 11 is 6.18. The van der Waals surface area contributed by atoms with Crippen molar-refractivity contribution in [2.75, 3.05) is 40.4 Å². The summed E-state index contributed by atoms with van der Waals surface area (Å²) in [6.45, 7) is 3.90. The molecule has 0 bridgehead atoms. The molecule has 0 radical (unpaired) electrons. The molecule has 2 N–H and O–H groups in total. The maximum Gasteiger partial charge on any atom is 0.191 e. The zero-order chi connectivity index (χ0) is 18.5. The van der Waals surface area contributed by atoms with E-state index in [1.807, 2.05) is 0 Å². The van der Waals surface area contributed by atoms with Crippen LogP contribution in [0.5, 0.6) is 0 Å². The van der Waals surface area contributed by atoms with Gasteiger partial charge >= 0.3 is 0 Å². The summed E-state index contributed by atoms with van der Waals surface area (Å²) in [5.41, 5.74) is 0.619. The van der Waals surface area contributed by atoms with Crippen LogP contribution in [0.4, 0.5) is 4.39 Å². The van der Waals surface area contributed by atoms with Crippen LogP contribution in [0, 0.1) is 5.82 Å². The van der Waals surface area contributed by atoms with Gasteiger partial charge in [-0.05, 0) is 31.4 Å². The highest BCUT2D eigenvalue weighted by molar-refractivity contribution is 6.31. The molecule has 26 heavy (non-hydrogen) atoms. The van der Waals surface area contributed by atoms with Crippen molar-refractivity contribution in [1.82, 2.24) is 15.5 Å². The third-order valence-corrected chi connectivity index (χ3v) is 5.58. The largest absolute Gasteiger partial charge is 0.383 e. The lowest BCUT2D eigenvalue weighted by Gasteiger charge is -2.32. The number of guanidine groups is 1. The van der Waals surface area contributed by atoms with Crippen molar-refractivity contribution in [3.05, 3.63) is 34.6 Å². The average Bonchev–Trinajstić information content (AvgIpc) is 3.39. The number of halogens is 2. The van der Waals surface area contributed by atoms with E-state index in [1.165, 1.54) is 6.07 Å². The zero-order valence-corrected chi connectivity index (χ0v) is 16.2. The van der Waals surface area contributed by atoms with E-state index < -0.39 is 0 Å². The normalized spacial score (nSPS) is 24.5. The van der Waals surface area contributed by atoms with Gasteiger partial charge in [-0.1, -0.05) is 17.7 Å². The maximum absolute atomic E-state index is 14.1. The lowest BCUT2D eigenvalue weighted by Crippen LogP contribution is -2.49. The Kier molecular flexibility index (Phi) is 6.73. The van der Waals surface area contributed by atoms with E-state index in [-0.39, 0.29) is 17.8 Å². The number of rotatable bonds is 6. The molecule has 3 rings (SSSR count). The number of benzene rings is 1. The van der Waals surface area contributed by atoms with Crippen LogP contribution < -0.4 is 10.6 Å². The summed E-state index contributed by atoms with van der Waals surface area (Å²) in [6.07, 6.45) is 3.03. The van der Waals surface area contributed by atoms with Gasteiger partial charge < -0.3 is 20.3 Å². The fraction of sp³-hybridized carbons (Fsp3) is 0.632. The third kappa shape index (κ3) is 4.87. The highest BCUT2D eigenvalue weighted by Gasteiger charge is 2.42. The van der Waals surface area contributed by atoms with Gasteiger partial charge in [-0.3, -0.25) is 4.99 Å². The second kappa shape index (κ2) is 9.02. The number of methoxy groups -OCH3 is 1. The summed E-state index contributed by atoms with van der Waals surface area (Å²) < 4.78 is 19.2. The van der Waals surface area contributed by atoms with Crippen molar-refractivity contribution in [2.45, 2.75) is 37.3 Å². The van der Waals surface area contributed by atoms with Gasteiger partial charge in [0.25, 0.3) is 0 Å². The van der Waals surface area contributed by atoms with Gasteiger partial charge in [-0.15, -0.1) is 0 Å². The Bertz CT molecular complexity index is 614. The predicted molar refractivity (Wildman–Crippen MR) is 104 cm³/mol. The smallest absolute Gasteiger partial charge is 0.191 e. The summed E-state index contributed by atoms with van der Waals surface area (Å²) in [7, 11) is 3.51. The minimum Gasteiger partial charge on any atom is -0.383 e. The van der Waals surface area contributed by atoms with Crippen LogP contribution in [0.2, 0.25) is 5.02 Å². The van der Waals surface area contributed by atoms with Crippen LogP contribution in [-0.4, -0.2) is 63.3 Å². The van der Waals surface area contributed by atoms with Crippen molar-refractivity contribution in [3.63, 3.8) is 0 Å². The van der Waals surface area contributed by atoms with Crippen molar-refractivity contribution in [3.8, 4) is 0 Å². The van der Waals surface area contributed by atoms with Gasteiger partial charge in [-0.2, -0.15) is 0 Å². The molecule has 0 aromatic heterocycles. The third-order valence-electron chi connectivity index (χ3n) is 5.25. The molecular formula is C19H28ClFN4O. The number of ether oxygens (including phenoxy) is 1. The Morgan fingerprint density at radius 2 is 2.12 bits per heavy atom. The van der Waals surface area contributed by atoms with Crippen molar-refractivity contribution >= 4 is 17.6 Å². The summed E-state index contributed by atoms with van der Waals surface area (Å²) in [5.74, 6) is 0.677. The second-order valence-corrected chi connectivity index (χ2v) is 7.46. The Morgan fingerprint density at radius 3 is 2.77 bits per heavy atom. The van der Waals surface area contributed by atoms with Gasteiger partial charge in [0.1, 0.15) is 5.82 Å². The second-order valence-electron chi connectivity index (χ2n) is 7.05. The van der Waals surface area contributed by atoms with Crippen molar-refractivity contribution < 1.29 is 9.13 Å². The molecule has 1 aliphatic carbocycles. The molecule has 5 nitrogen and oxygen atoms in total. The van der Waals surface area contributed by atoms with Crippen LogP contribution in [0.25, 0.3) is 0 Å². The van der Waals surface area contributed by atoms with E-state index in [0.29, 0.717) is 16.6 Å². The van der Waals surface area contributed by atoms with Gasteiger partial charge in [0.05, 0.1) is 6.61 Å². The molecule has 2 fully saturated rings. The number of likely N-dealkylation sites (tertiary alicyclic amines) is 1.